The molecule has 0 aromatic carbocycles. The Bertz CT molecular complexity index is 121. The van der Waals surface area contributed by atoms with Gasteiger partial charge in [-0.3, -0.25) is 0 Å². The minimum Gasteiger partial charge on any atom is -0.327 e. The van der Waals surface area contributed by atoms with Gasteiger partial charge in [-0.15, -0.1) is 0 Å². The maximum Gasteiger partial charge on any atom is 0.0907 e. The molecule has 2 heteroatoms. The van der Waals surface area contributed by atoms with E-state index in [1.807, 2.05) is 0 Å². The summed E-state index contributed by atoms with van der Waals surface area (Å²) in [5.41, 5.74) is 5.57. The van der Waals surface area contributed by atoms with Crippen molar-refractivity contribution in [3.8, 4) is 0 Å². The van der Waals surface area contributed by atoms with Crippen LogP contribution in [0.25, 0.3) is 0 Å². The largest absolute Gasteiger partial charge is 0.327 e. The lowest BCUT2D eigenvalue weighted by molar-refractivity contribution is -0.889. The fourth-order valence-electron chi connectivity index (χ4n) is 1.78. The van der Waals surface area contributed by atoms with Crippen LogP contribution in [0.4, 0.5) is 0 Å². The fourth-order valence-corrected chi connectivity index (χ4v) is 1.78. The molecular weight excluding hydrogens is 172 g/mol. The van der Waals surface area contributed by atoms with Crippen LogP contribution in [0.5, 0.6) is 0 Å². The number of nitrogens with zero attached hydrogens (tertiary/aromatic N) is 1. The fraction of sp³-hybridized carbons (Fsp3) is 1.00. The van der Waals surface area contributed by atoms with Crippen molar-refractivity contribution >= 4 is 0 Å². The summed E-state index contributed by atoms with van der Waals surface area (Å²) in [6, 6.07) is 0. The second-order valence-corrected chi connectivity index (χ2v) is 4.94. The molecule has 0 aliphatic rings. The van der Waals surface area contributed by atoms with Crippen molar-refractivity contribution < 1.29 is 4.48 Å². The quantitative estimate of drug-likeness (QED) is 0.450. The van der Waals surface area contributed by atoms with Crippen LogP contribution in [0, 0.1) is 0 Å². The van der Waals surface area contributed by atoms with Crippen LogP contribution in [-0.4, -0.2) is 38.2 Å². The van der Waals surface area contributed by atoms with Crippen LogP contribution in [0.3, 0.4) is 0 Å². The number of likely N-dealkylation sites (N-methyl/N-ethyl adjacent to an activating group) is 1. The zero-order valence-electron chi connectivity index (χ0n) is 10.4. The topological polar surface area (TPSA) is 26.0 Å². The van der Waals surface area contributed by atoms with Crippen molar-refractivity contribution in [1.29, 1.82) is 0 Å². The summed E-state index contributed by atoms with van der Waals surface area (Å²) in [5, 5.41) is 0. The van der Waals surface area contributed by atoms with E-state index in [0.717, 1.165) is 17.6 Å². The zero-order chi connectivity index (χ0) is 10.9. The number of rotatable bonds is 9. The summed E-state index contributed by atoms with van der Waals surface area (Å²) in [7, 11) is 4.55. The average molecular weight is 201 g/mol. The molecule has 0 aromatic rings. The van der Waals surface area contributed by atoms with Crippen molar-refractivity contribution in [1.82, 2.24) is 0 Å². The van der Waals surface area contributed by atoms with Gasteiger partial charge < -0.3 is 10.2 Å². The number of hydrogen-bond donors (Lipinski definition) is 1. The third-order valence-electron chi connectivity index (χ3n) is 2.85. The SMILES string of the molecule is CCCCCCCC[N+](C)(C)CCN. The van der Waals surface area contributed by atoms with Gasteiger partial charge in [-0.05, 0) is 12.8 Å². The highest BCUT2D eigenvalue weighted by molar-refractivity contribution is 4.44. The van der Waals surface area contributed by atoms with E-state index in [1.165, 1.54) is 45.1 Å². The van der Waals surface area contributed by atoms with Gasteiger partial charge in [-0.2, -0.15) is 0 Å². The lowest BCUT2D eigenvalue weighted by atomic mass is 10.1. The van der Waals surface area contributed by atoms with Gasteiger partial charge in [0.05, 0.1) is 27.2 Å². The van der Waals surface area contributed by atoms with Crippen LogP contribution >= 0.6 is 0 Å². The third-order valence-corrected chi connectivity index (χ3v) is 2.85. The van der Waals surface area contributed by atoms with Crippen LogP contribution < -0.4 is 5.73 Å². The van der Waals surface area contributed by atoms with Crippen molar-refractivity contribution in [2.75, 3.05) is 33.7 Å². The summed E-state index contributed by atoms with van der Waals surface area (Å²) < 4.78 is 1.09. The van der Waals surface area contributed by atoms with Crippen molar-refractivity contribution in [3.05, 3.63) is 0 Å². The van der Waals surface area contributed by atoms with E-state index >= 15 is 0 Å². The van der Waals surface area contributed by atoms with Gasteiger partial charge in [0.1, 0.15) is 0 Å². The van der Waals surface area contributed by atoms with Crippen molar-refractivity contribution in [2.45, 2.75) is 45.4 Å². The Balaban J connectivity index is 3.26. The van der Waals surface area contributed by atoms with Crippen molar-refractivity contribution in [3.63, 3.8) is 0 Å². The number of quaternary nitrogens is 1. The van der Waals surface area contributed by atoms with E-state index < -0.39 is 0 Å². The molecule has 0 unspecified atom stereocenters. The monoisotopic (exact) mass is 201 g/mol. The first-order valence-corrected chi connectivity index (χ1v) is 6.14. The molecule has 0 radical (unpaired) electrons. The highest BCUT2D eigenvalue weighted by Crippen LogP contribution is 2.07. The normalized spacial score (nSPS) is 12.0. The molecule has 14 heavy (non-hydrogen) atoms. The summed E-state index contributed by atoms with van der Waals surface area (Å²) in [4.78, 5) is 0. The molecule has 0 heterocycles. The standard InChI is InChI=1S/C12H29N2/c1-4-5-6-7-8-9-11-14(2,3)12-10-13/h4-13H2,1-3H3/q+1. The Labute approximate surface area is 90.1 Å². The first-order valence-electron chi connectivity index (χ1n) is 6.14. The Kier molecular flexibility index (Phi) is 8.20. The summed E-state index contributed by atoms with van der Waals surface area (Å²) in [6.07, 6.45) is 8.33. The minimum atomic E-state index is 0.808. The van der Waals surface area contributed by atoms with Crippen molar-refractivity contribution in [2.24, 2.45) is 5.73 Å². The molecule has 0 amide bonds. The number of nitrogens with two attached hydrogens (primary N) is 1. The van der Waals surface area contributed by atoms with E-state index in [9.17, 15) is 0 Å². The summed E-state index contributed by atoms with van der Waals surface area (Å²) >= 11 is 0. The molecule has 0 rings (SSSR count). The minimum absolute atomic E-state index is 0.808. The maximum atomic E-state index is 5.57. The summed E-state index contributed by atoms with van der Waals surface area (Å²) in [6.45, 7) is 5.46. The van der Waals surface area contributed by atoms with Gasteiger partial charge in [-0.1, -0.05) is 32.6 Å². The lowest BCUT2D eigenvalue weighted by Crippen LogP contribution is -2.44. The molecule has 0 fully saturated rings. The Morgan fingerprint density at radius 1 is 0.857 bits per heavy atom. The van der Waals surface area contributed by atoms with E-state index in [-0.39, 0.29) is 0 Å². The summed E-state index contributed by atoms with van der Waals surface area (Å²) in [5.74, 6) is 0. The van der Waals surface area contributed by atoms with E-state index in [4.69, 9.17) is 5.73 Å². The molecule has 2 N–H and O–H groups in total. The predicted octanol–water partition coefficient (Wildman–Crippen LogP) is 2.38. The van der Waals surface area contributed by atoms with E-state index in [2.05, 4.69) is 21.0 Å². The molecule has 86 valence electrons. The first-order chi connectivity index (χ1) is 6.62. The molecule has 0 aromatic heterocycles. The van der Waals surface area contributed by atoms with Gasteiger partial charge in [-0.25, -0.2) is 0 Å². The Hall–Kier alpha value is -0.0800. The molecule has 0 aliphatic heterocycles. The second kappa shape index (κ2) is 8.25. The van der Waals surface area contributed by atoms with Gasteiger partial charge in [0.2, 0.25) is 0 Å². The average Bonchev–Trinajstić information content (AvgIpc) is 2.11. The Morgan fingerprint density at radius 2 is 1.43 bits per heavy atom. The van der Waals surface area contributed by atoms with E-state index in [0.29, 0.717) is 0 Å². The van der Waals surface area contributed by atoms with Crippen LogP contribution in [-0.2, 0) is 0 Å². The maximum absolute atomic E-state index is 5.57. The molecule has 0 atom stereocenters. The molecule has 0 saturated heterocycles. The molecule has 0 bridgehead atoms. The third kappa shape index (κ3) is 8.52. The number of unbranched alkanes of at least 4 members (excludes halogenated alkanes) is 5. The second-order valence-electron chi connectivity index (χ2n) is 4.94. The molecule has 0 saturated carbocycles. The van der Waals surface area contributed by atoms with Gasteiger partial charge in [0.15, 0.2) is 0 Å². The highest BCUT2D eigenvalue weighted by Gasteiger charge is 2.11. The van der Waals surface area contributed by atoms with Gasteiger partial charge in [0.25, 0.3) is 0 Å². The Morgan fingerprint density at radius 3 is 2.00 bits per heavy atom. The van der Waals surface area contributed by atoms with Crippen LogP contribution in [0.15, 0.2) is 0 Å². The van der Waals surface area contributed by atoms with Crippen LogP contribution in [0.2, 0.25) is 0 Å². The molecule has 0 spiro atoms. The highest BCUT2D eigenvalue weighted by atomic mass is 15.3. The van der Waals surface area contributed by atoms with Gasteiger partial charge >= 0.3 is 0 Å². The first kappa shape index (κ1) is 13.9. The van der Waals surface area contributed by atoms with Crippen LogP contribution in [0.1, 0.15) is 45.4 Å². The van der Waals surface area contributed by atoms with Gasteiger partial charge in [0, 0.05) is 6.54 Å². The number of hydrogen-bond acceptors (Lipinski definition) is 1. The van der Waals surface area contributed by atoms with E-state index in [1.54, 1.807) is 0 Å². The molecular formula is C12H29N2+. The molecule has 2 nitrogen and oxygen atoms in total. The lowest BCUT2D eigenvalue weighted by Gasteiger charge is -2.29. The smallest absolute Gasteiger partial charge is 0.0907 e. The molecule has 0 aliphatic carbocycles. The predicted molar refractivity (Wildman–Crippen MR) is 64.3 cm³/mol. The zero-order valence-corrected chi connectivity index (χ0v) is 10.4.